The Morgan fingerprint density at radius 3 is 2.18 bits per heavy atom. The Balaban J connectivity index is 2.84. The molecule has 0 fully saturated rings. The lowest BCUT2D eigenvalue weighted by molar-refractivity contribution is -0.125. The van der Waals surface area contributed by atoms with Crippen LogP contribution in [0.5, 0.6) is 0 Å². The van der Waals surface area contributed by atoms with Gasteiger partial charge in [-0.1, -0.05) is 20.8 Å². The number of hydrogen-bond acceptors (Lipinski definition) is 2. The number of halogens is 2. The van der Waals surface area contributed by atoms with E-state index in [0.717, 1.165) is 12.1 Å². The van der Waals surface area contributed by atoms with Crippen molar-refractivity contribution in [2.45, 2.75) is 27.2 Å². The van der Waals surface area contributed by atoms with Crippen LogP contribution in [0.1, 0.15) is 37.6 Å². The number of benzene rings is 1. The first-order valence-electron chi connectivity index (χ1n) is 5.23. The highest BCUT2D eigenvalue weighted by Gasteiger charge is 2.24. The lowest BCUT2D eigenvalue weighted by atomic mass is 9.87. The summed E-state index contributed by atoms with van der Waals surface area (Å²) in [5, 5.41) is 0. The molecular weight excluding hydrogens is 226 g/mol. The van der Waals surface area contributed by atoms with E-state index in [-0.39, 0.29) is 17.8 Å². The van der Waals surface area contributed by atoms with Crippen LogP contribution in [0.4, 0.5) is 8.78 Å². The monoisotopic (exact) mass is 240 g/mol. The van der Waals surface area contributed by atoms with Gasteiger partial charge in [-0.05, 0) is 18.2 Å². The quantitative estimate of drug-likeness (QED) is 0.600. The number of hydrogen-bond donors (Lipinski definition) is 0. The molecule has 0 N–H and O–H groups in total. The first-order chi connectivity index (χ1) is 7.71. The fourth-order valence-electron chi connectivity index (χ4n) is 1.18. The smallest absolute Gasteiger partial charge is 0.170 e. The van der Waals surface area contributed by atoms with Gasteiger partial charge in [0, 0.05) is 11.0 Å². The van der Waals surface area contributed by atoms with Crippen molar-refractivity contribution in [1.82, 2.24) is 0 Å². The minimum atomic E-state index is -1.08. The Labute approximate surface area is 98.6 Å². The van der Waals surface area contributed by atoms with Gasteiger partial charge in [-0.25, -0.2) is 8.78 Å². The number of carbonyl (C=O) groups excluding carboxylic acids is 2. The van der Waals surface area contributed by atoms with Gasteiger partial charge in [-0.3, -0.25) is 9.59 Å². The zero-order valence-corrected chi connectivity index (χ0v) is 10.0. The van der Waals surface area contributed by atoms with Crippen molar-refractivity contribution in [2.75, 3.05) is 0 Å². The van der Waals surface area contributed by atoms with Crippen LogP contribution in [0.2, 0.25) is 0 Å². The van der Waals surface area contributed by atoms with Crippen LogP contribution < -0.4 is 0 Å². The molecule has 0 aliphatic heterocycles. The minimum Gasteiger partial charge on any atom is -0.299 e. The summed E-state index contributed by atoms with van der Waals surface area (Å²) in [7, 11) is 0. The number of rotatable bonds is 3. The Bertz CT molecular complexity index is 459. The molecule has 0 atom stereocenters. The molecule has 0 saturated heterocycles. The number of ketones is 2. The van der Waals surface area contributed by atoms with Crippen molar-refractivity contribution in [3.8, 4) is 0 Å². The second-order valence-electron chi connectivity index (χ2n) is 4.90. The molecule has 0 unspecified atom stereocenters. The normalized spacial score (nSPS) is 11.4. The van der Waals surface area contributed by atoms with Crippen molar-refractivity contribution in [3.05, 3.63) is 35.4 Å². The van der Waals surface area contributed by atoms with Crippen LogP contribution in [0.25, 0.3) is 0 Å². The highest BCUT2D eigenvalue weighted by atomic mass is 19.2. The molecule has 0 heterocycles. The summed E-state index contributed by atoms with van der Waals surface area (Å²) >= 11 is 0. The van der Waals surface area contributed by atoms with E-state index in [9.17, 15) is 18.4 Å². The molecule has 1 rings (SSSR count). The Kier molecular flexibility index (Phi) is 3.76. The average molecular weight is 240 g/mol. The highest BCUT2D eigenvalue weighted by Crippen LogP contribution is 2.19. The Hall–Kier alpha value is -1.58. The maximum absolute atomic E-state index is 12.9. The molecular formula is C13H14F2O2. The summed E-state index contributed by atoms with van der Waals surface area (Å²) in [5.74, 6) is -2.82. The summed E-state index contributed by atoms with van der Waals surface area (Å²) < 4.78 is 25.6. The zero-order valence-electron chi connectivity index (χ0n) is 10.0. The first kappa shape index (κ1) is 13.5. The molecule has 92 valence electrons. The minimum absolute atomic E-state index is 0.0153. The molecule has 0 amide bonds. The number of carbonyl (C=O) groups is 2. The molecule has 2 nitrogen and oxygen atoms in total. The number of Topliss-reactive ketones (excluding diaryl/α,β-unsaturated/α-hetero) is 2. The van der Waals surface area contributed by atoms with E-state index in [0.29, 0.717) is 0 Å². The van der Waals surface area contributed by atoms with Gasteiger partial charge < -0.3 is 0 Å². The molecule has 0 aliphatic rings. The van der Waals surface area contributed by atoms with Crippen LogP contribution in [0, 0.1) is 17.0 Å². The molecule has 4 heteroatoms. The van der Waals surface area contributed by atoms with Gasteiger partial charge in [0.25, 0.3) is 0 Å². The standard InChI is InChI=1S/C13H14F2O2/c1-13(2,3)12(17)7-11(16)8-4-5-9(14)10(15)6-8/h4-6H,7H2,1-3H3. The SMILES string of the molecule is CC(C)(C)C(=O)CC(=O)c1ccc(F)c(F)c1. The Morgan fingerprint density at radius 1 is 1.12 bits per heavy atom. The van der Waals surface area contributed by atoms with Crippen LogP contribution in [-0.4, -0.2) is 11.6 Å². The molecule has 0 aromatic heterocycles. The lowest BCUT2D eigenvalue weighted by Gasteiger charge is -2.15. The molecule has 1 aromatic carbocycles. The summed E-state index contributed by atoms with van der Waals surface area (Å²) in [6.45, 7) is 5.11. The van der Waals surface area contributed by atoms with Crippen LogP contribution >= 0.6 is 0 Å². The second kappa shape index (κ2) is 4.73. The van der Waals surface area contributed by atoms with E-state index >= 15 is 0 Å². The summed E-state index contributed by atoms with van der Waals surface area (Å²) in [6, 6.07) is 2.87. The van der Waals surface area contributed by atoms with Crippen molar-refractivity contribution >= 4 is 11.6 Å². The van der Waals surface area contributed by atoms with E-state index in [1.54, 1.807) is 20.8 Å². The third-order valence-electron chi connectivity index (χ3n) is 2.40. The van der Waals surface area contributed by atoms with Crippen molar-refractivity contribution in [2.24, 2.45) is 5.41 Å². The molecule has 17 heavy (non-hydrogen) atoms. The fraction of sp³-hybridized carbons (Fsp3) is 0.385. The van der Waals surface area contributed by atoms with Gasteiger partial charge in [-0.15, -0.1) is 0 Å². The highest BCUT2D eigenvalue weighted by molar-refractivity contribution is 6.09. The first-order valence-corrected chi connectivity index (χ1v) is 5.23. The molecule has 0 saturated carbocycles. The lowest BCUT2D eigenvalue weighted by Crippen LogP contribution is -2.23. The third kappa shape index (κ3) is 3.44. The van der Waals surface area contributed by atoms with E-state index in [2.05, 4.69) is 0 Å². The van der Waals surface area contributed by atoms with Crippen LogP contribution in [0.3, 0.4) is 0 Å². The molecule has 0 bridgehead atoms. The molecule has 1 aromatic rings. The summed E-state index contributed by atoms with van der Waals surface area (Å²) in [4.78, 5) is 23.3. The largest absolute Gasteiger partial charge is 0.299 e. The Morgan fingerprint density at radius 2 is 1.71 bits per heavy atom. The maximum Gasteiger partial charge on any atom is 0.170 e. The fourth-order valence-corrected chi connectivity index (χ4v) is 1.18. The predicted molar refractivity (Wildman–Crippen MR) is 59.8 cm³/mol. The predicted octanol–water partition coefficient (Wildman–Crippen LogP) is 3.15. The summed E-state index contributed by atoms with van der Waals surface area (Å²) in [5.41, 5.74) is -0.602. The van der Waals surface area contributed by atoms with Gasteiger partial charge in [0.15, 0.2) is 17.4 Å². The average Bonchev–Trinajstić information content (AvgIpc) is 2.20. The maximum atomic E-state index is 12.9. The zero-order chi connectivity index (χ0) is 13.2. The van der Waals surface area contributed by atoms with Crippen molar-refractivity contribution in [3.63, 3.8) is 0 Å². The van der Waals surface area contributed by atoms with E-state index < -0.39 is 22.8 Å². The van der Waals surface area contributed by atoms with Crippen LogP contribution in [0.15, 0.2) is 18.2 Å². The van der Waals surface area contributed by atoms with Gasteiger partial charge in [0.1, 0.15) is 5.78 Å². The topological polar surface area (TPSA) is 34.1 Å². The van der Waals surface area contributed by atoms with Crippen molar-refractivity contribution in [1.29, 1.82) is 0 Å². The van der Waals surface area contributed by atoms with E-state index in [1.165, 1.54) is 6.07 Å². The molecule has 0 radical (unpaired) electrons. The summed E-state index contributed by atoms with van der Waals surface area (Å²) in [6.07, 6.45) is -0.297. The van der Waals surface area contributed by atoms with Gasteiger partial charge in [0.05, 0.1) is 6.42 Å². The van der Waals surface area contributed by atoms with Crippen molar-refractivity contribution < 1.29 is 18.4 Å². The molecule has 0 spiro atoms. The molecule has 0 aliphatic carbocycles. The van der Waals surface area contributed by atoms with Gasteiger partial charge in [0.2, 0.25) is 0 Å². The second-order valence-corrected chi connectivity index (χ2v) is 4.90. The van der Waals surface area contributed by atoms with Crippen LogP contribution in [-0.2, 0) is 4.79 Å². The third-order valence-corrected chi connectivity index (χ3v) is 2.40. The van der Waals surface area contributed by atoms with E-state index in [4.69, 9.17) is 0 Å². The van der Waals surface area contributed by atoms with Gasteiger partial charge in [-0.2, -0.15) is 0 Å². The van der Waals surface area contributed by atoms with Gasteiger partial charge >= 0.3 is 0 Å². The van der Waals surface area contributed by atoms with E-state index in [1.807, 2.05) is 0 Å².